The van der Waals surface area contributed by atoms with E-state index in [-0.39, 0.29) is 12.5 Å². The van der Waals surface area contributed by atoms with Crippen molar-refractivity contribution in [3.8, 4) is 0 Å². The highest BCUT2D eigenvalue weighted by atomic mass is 35.5. The second kappa shape index (κ2) is 9.02. The van der Waals surface area contributed by atoms with E-state index in [4.69, 9.17) is 11.6 Å². The summed E-state index contributed by atoms with van der Waals surface area (Å²) in [5.74, 6) is 0.00147. The number of carbonyl (C=O) groups is 1. The maximum atomic E-state index is 12.8. The van der Waals surface area contributed by atoms with Crippen molar-refractivity contribution in [3.05, 3.63) is 64.7 Å². The first-order valence-corrected chi connectivity index (χ1v) is 9.70. The number of halogens is 1. The number of nitrogens with one attached hydrogen (secondary N) is 1. The van der Waals surface area contributed by atoms with Crippen molar-refractivity contribution in [2.24, 2.45) is 5.10 Å². The summed E-state index contributed by atoms with van der Waals surface area (Å²) in [6.07, 6.45) is 0. The molecule has 0 unspecified atom stereocenters. The lowest BCUT2D eigenvalue weighted by Gasteiger charge is -2.30. The maximum Gasteiger partial charge on any atom is 0.248 e. The summed E-state index contributed by atoms with van der Waals surface area (Å²) in [6, 6.07) is 15.6. The van der Waals surface area contributed by atoms with E-state index in [2.05, 4.69) is 29.3 Å². The van der Waals surface area contributed by atoms with E-state index >= 15 is 0 Å². The topological polar surface area (TPSA) is 47.9 Å². The Labute approximate surface area is 165 Å². The van der Waals surface area contributed by atoms with E-state index in [1.54, 1.807) is 0 Å². The maximum absolute atomic E-state index is 12.8. The molecule has 27 heavy (non-hydrogen) atoms. The fraction of sp³-hybridized carbons (Fsp3) is 0.333. The van der Waals surface area contributed by atoms with Gasteiger partial charge in [0.2, 0.25) is 5.91 Å². The zero-order chi connectivity index (χ0) is 19.2. The molecule has 0 spiro atoms. The summed E-state index contributed by atoms with van der Waals surface area (Å²) in [5.41, 5.74) is 6.40. The lowest BCUT2D eigenvalue weighted by Crippen LogP contribution is -2.44. The third kappa shape index (κ3) is 4.49. The van der Waals surface area contributed by atoms with Crippen LogP contribution >= 0.6 is 11.6 Å². The van der Waals surface area contributed by atoms with Crippen molar-refractivity contribution < 1.29 is 4.79 Å². The predicted octanol–water partition coefficient (Wildman–Crippen LogP) is 3.37. The zero-order valence-electron chi connectivity index (χ0n) is 15.8. The number of carbonyl (C=O) groups excluding carboxylic acids is 1. The van der Waals surface area contributed by atoms with Crippen LogP contribution in [0, 0.1) is 0 Å². The van der Waals surface area contributed by atoms with E-state index in [0.29, 0.717) is 11.6 Å². The van der Waals surface area contributed by atoms with Crippen LogP contribution in [0.25, 0.3) is 0 Å². The van der Waals surface area contributed by atoms with Crippen molar-refractivity contribution in [1.29, 1.82) is 0 Å². The van der Waals surface area contributed by atoms with Crippen LogP contribution in [0.3, 0.4) is 0 Å². The van der Waals surface area contributed by atoms with Crippen LogP contribution in [0.2, 0.25) is 5.02 Å². The van der Waals surface area contributed by atoms with Crippen molar-refractivity contribution in [3.63, 3.8) is 0 Å². The fourth-order valence-electron chi connectivity index (χ4n) is 3.25. The van der Waals surface area contributed by atoms with E-state index in [0.717, 1.165) is 42.2 Å². The van der Waals surface area contributed by atoms with Crippen LogP contribution in [0.1, 0.15) is 25.0 Å². The molecule has 1 aliphatic heterocycles. The Morgan fingerprint density at radius 2 is 1.89 bits per heavy atom. The molecule has 2 aromatic carbocycles. The molecule has 5 nitrogen and oxygen atoms in total. The van der Waals surface area contributed by atoms with Gasteiger partial charge in [0.1, 0.15) is 6.54 Å². The van der Waals surface area contributed by atoms with Gasteiger partial charge < -0.3 is 15.2 Å². The molecule has 142 valence electrons. The zero-order valence-corrected chi connectivity index (χ0v) is 16.5. The van der Waals surface area contributed by atoms with Crippen LogP contribution in [0.4, 0.5) is 5.69 Å². The SMILES string of the molecule is CCN(CC)CCN1C(=O)CNN=C(c2ccccc2)c2cc(Cl)ccc21. The van der Waals surface area contributed by atoms with Crippen molar-refractivity contribution in [1.82, 2.24) is 10.3 Å². The highest BCUT2D eigenvalue weighted by molar-refractivity contribution is 6.31. The number of amides is 1. The van der Waals surface area contributed by atoms with Crippen LogP contribution in [0.5, 0.6) is 0 Å². The average molecular weight is 385 g/mol. The quantitative estimate of drug-likeness (QED) is 0.830. The largest absolute Gasteiger partial charge is 0.309 e. The fourth-order valence-corrected chi connectivity index (χ4v) is 3.42. The van der Waals surface area contributed by atoms with Crippen LogP contribution in [0.15, 0.2) is 53.6 Å². The number of hydrogen-bond donors (Lipinski definition) is 1. The monoisotopic (exact) mass is 384 g/mol. The Morgan fingerprint density at radius 1 is 1.15 bits per heavy atom. The minimum absolute atomic E-state index is 0.00147. The minimum atomic E-state index is 0.00147. The smallest absolute Gasteiger partial charge is 0.248 e. The Hall–Kier alpha value is -2.37. The third-order valence-electron chi connectivity index (χ3n) is 4.81. The first kappa shape index (κ1) is 19.4. The normalized spacial score (nSPS) is 14.3. The molecule has 1 heterocycles. The van der Waals surface area contributed by atoms with Crippen LogP contribution < -0.4 is 10.3 Å². The molecular formula is C21H25ClN4O. The molecule has 0 bridgehead atoms. The van der Waals surface area contributed by atoms with E-state index in [1.807, 2.05) is 53.4 Å². The van der Waals surface area contributed by atoms with E-state index in [1.165, 1.54) is 0 Å². The Kier molecular flexibility index (Phi) is 6.48. The van der Waals surface area contributed by atoms with Gasteiger partial charge in [0.25, 0.3) is 0 Å². The average Bonchev–Trinajstić information content (AvgIpc) is 2.69. The van der Waals surface area contributed by atoms with Gasteiger partial charge in [-0.1, -0.05) is 55.8 Å². The molecule has 2 aromatic rings. The molecule has 1 amide bonds. The highest BCUT2D eigenvalue weighted by Crippen LogP contribution is 2.28. The molecule has 0 saturated carbocycles. The lowest BCUT2D eigenvalue weighted by atomic mass is 9.99. The first-order chi connectivity index (χ1) is 13.1. The first-order valence-electron chi connectivity index (χ1n) is 9.32. The molecule has 0 aliphatic carbocycles. The van der Waals surface area contributed by atoms with Gasteiger partial charge in [-0.05, 0) is 31.3 Å². The summed E-state index contributed by atoms with van der Waals surface area (Å²) < 4.78 is 0. The number of hydrogen-bond acceptors (Lipinski definition) is 4. The van der Waals surface area contributed by atoms with Gasteiger partial charge in [0.15, 0.2) is 0 Å². The van der Waals surface area contributed by atoms with Crippen LogP contribution in [-0.2, 0) is 4.79 Å². The molecule has 0 fully saturated rings. The summed E-state index contributed by atoms with van der Waals surface area (Å²) in [5, 5.41) is 5.12. The van der Waals surface area contributed by atoms with Gasteiger partial charge in [-0.3, -0.25) is 4.79 Å². The summed E-state index contributed by atoms with van der Waals surface area (Å²) in [7, 11) is 0. The molecule has 0 saturated heterocycles. The van der Waals surface area contributed by atoms with E-state index < -0.39 is 0 Å². The number of anilines is 1. The number of benzene rings is 2. The molecule has 1 N–H and O–H groups in total. The standard InChI is InChI=1S/C21H25ClN4O/c1-3-25(4-2)12-13-26-19-11-10-17(22)14-18(19)21(24-23-15-20(26)27)16-8-6-5-7-9-16/h5-11,14,23H,3-4,12-13,15H2,1-2H3. The van der Waals surface area contributed by atoms with E-state index in [9.17, 15) is 4.79 Å². The number of likely N-dealkylation sites (N-methyl/N-ethyl adjacent to an activating group) is 1. The van der Waals surface area contributed by atoms with Gasteiger partial charge in [-0.2, -0.15) is 5.10 Å². The molecular weight excluding hydrogens is 360 g/mol. The Morgan fingerprint density at radius 3 is 2.59 bits per heavy atom. The van der Waals surface area contributed by atoms with Crippen molar-refractivity contribution in [2.75, 3.05) is 37.6 Å². The van der Waals surface area contributed by atoms with Gasteiger partial charge in [0, 0.05) is 29.2 Å². The van der Waals surface area contributed by atoms with Crippen molar-refractivity contribution >= 4 is 28.9 Å². The molecule has 1 aliphatic rings. The van der Waals surface area contributed by atoms with Gasteiger partial charge in [-0.15, -0.1) is 0 Å². The predicted molar refractivity (Wildman–Crippen MR) is 112 cm³/mol. The number of nitrogens with zero attached hydrogens (tertiary/aromatic N) is 3. The summed E-state index contributed by atoms with van der Waals surface area (Å²) in [4.78, 5) is 16.9. The Bertz CT molecular complexity index is 818. The van der Waals surface area contributed by atoms with Crippen LogP contribution in [-0.4, -0.2) is 49.2 Å². The Balaban J connectivity index is 2.03. The minimum Gasteiger partial charge on any atom is -0.309 e. The second-order valence-corrected chi connectivity index (χ2v) is 6.83. The van der Waals surface area contributed by atoms with Gasteiger partial charge in [0.05, 0.1) is 11.4 Å². The van der Waals surface area contributed by atoms with Gasteiger partial charge >= 0.3 is 0 Å². The molecule has 0 atom stereocenters. The summed E-state index contributed by atoms with van der Waals surface area (Å²) in [6.45, 7) is 7.79. The second-order valence-electron chi connectivity index (χ2n) is 6.40. The number of fused-ring (bicyclic) bond motifs is 1. The highest BCUT2D eigenvalue weighted by Gasteiger charge is 2.24. The van der Waals surface area contributed by atoms with Crippen molar-refractivity contribution in [2.45, 2.75) is 13.8 Å². The number of hydrazone groups is 1. The molecule has 0 radical (unpaired) electrons. The number of rotatable bonds is 6. The molecule has 3 rings (SSSR count). The molecule has 6 heteroatoms. The lowest BCUT2D eigenvalue weighted by molar-refractivity contribution is -0.117. The summed E-state index contributed by atoms with van der Waals surface area (Å²) >= 11 is 6.29. The van der Waals surface area contributed by atoms with Gasteiger partial charge in [-0.25, -0.2) is 0 Å². The third-order valence-corrected chi connectivity index (χ3v) is 5.04. The molecule has 0 aromatic heterocycles.